The number of rotatable bonds is 0. The standard InChI is InChI=1S/C7H5NO3S.Sn/c9-7-5-3-1-2-4-6(5)12(10,11)8-7;/h1-4H,(H,8,9);. The van der Waals surface area contributed by atoms with Crippen molar-refractivity contribution >= 4 is 39.8 Å². The van der Waals surface area contributed by atoms with Crippen LogP contribution in [0.2, 0.25) is 0 Å². The summed E-state index contributed by atoms with van der Waals surface area (Å²) >= 11 is 0. The second-order valence-electron chi connectivity index (χ2n) is 2.43. The summed E-state index contributed by atoms with van der Waals surface area (Å²) in [6.45, 7) is 0. The van der Waals surface area contributed by atoms with Crippen LogP contribution in [0.15, 0.2) is 29.2 Å². The molecule has 0 unspecified atom stereocenters. The molecule has 1 N–H and O–H groups in total. The molecule has 1 amide bonds. The van der Waals surface area contributed by atoms with E-state index < -0.39 is 15.9 Å². The summed E-state index contributed by atoms with van der Waals surface area (Å²) < 4.78 is 24.2. The van der Waals surface area contributed by atoms with Crippen molar-refractivity contribution in [3.05, 3.63) is 29.8 Å². The third kappa shape index (κ3) is 1.57. The first kappa shape index (κ1) is 10.5. The van der Waals surface area contributed by atoms with Gasteiger partial charge in [0.05, 0.1) is 5.56 Å². The molecule has 1 aromatic rings. The summed E-state index contributed by atoms with van der Waals surface area (Å²) in [5.41, 5.74) is 0.220. The van der Waals surface area contributed by atoms with Crippen molar-refractivity contribution in [1.82, 2.24) is 4.72 Å². The molecule has 1 aliphatic rings. The molecule has 66 valence electrons. The molecule has 0 saturated carbocycles. The van der Waals surface area contributed by atoms with E-state index >= 15 is 0 Å². The van der Waals surface area contributed by atoms with Crippen LogP contribution in [0, 0.1) is 0 Å². The SMILES string of the molecule is O=C1NS(=O)(=O)c2ccccc21.[Sn]. The molecule has 1 aliphatic heterocycles. The third-order valence-corrected chi connectivity index (χ3v) is 3.04. The number of sulfonamides is 1. The Hall–Kier alpha value is -0.561. The van der Waals surface area contributed by atoms with E-state index in [1.807, 2.05) is 4.72 Å². The number of nitrogens with one attached hydrogen (secondary N) is 1. The Labute approximate surface area is 92.3 Å². The fourth-order valence-electron chi connectivity index (χ4n) is 1.12. The van der Waals surface area contributed by atoms with Gasteiger partial charge in [0.1, 0.15) is 4.90 Å². The summed E-state index contributed by atoms with van der Waals surface area (Å²) in [6.07, 6.45) is 0. The zero-order valence-corrected chi connectivity index (χ0v) is 10.1. The van der Waals surface area contributed by atoms with E-state index in [0.29, 0.717) is 0 Å². The second kappa shape index (κ2) is 3.30. The van der Waals surface area contributed by atoms with Crippen molar-refractivity contribution < 1.29 is 13.2 Å². The normalized spacial score (nSPS) is 17.1. The minimum Gasteiger partial charge on any atom is -0.268 e. The van der Waals surface area contributed by atoms with Crippen LogP contribution in [0.25, 0.3) is 0 Å². The second-order valence-corrected chi connectivity index (χ2v) is 4.08. The van der Waals surface area contributed by atoms with Crippen molar-refractivity contribution in [1.29, 1.82) is 0 Å². The van der Waals surface area contributed by atoms with Crippen molar-refractivity contribution in [2.24, 2.45) is 0 Å². The van der Waals surface area contributed by atoms with Gasteiger partial charge in [-0.25, -0.2) is 13.1 Å². The monoisotopic (exact) mass is 303 g/mol. The van der Waals surface area contributed by atoms with Crippen molar-refractivity contribution in [2.75, 3.05) is 0 Å². The van der Waals surface area contributed by atoms with Crippen LogP contribution >= 0.6 is 0 Å². The number of carbonyl (C=O) groups excluding carboxylic acids is 1. The van der Waals surface area contributed by atoms with E-state index in [2.05, 4.69) is 0 Å². The molecule has 4 nitrogen and oxygen atoms in total. The van der Waals surface area contributed by atoms with E-state index in [0.717, 1.165) is 0 Å². The van der Waals surface area contributed by atoms with Gasteiger partial charge in [-0.1, -0.05) is 12.1 Å². The summed E-state index contributed by atoms with van der Waals surface area (Å²) in [6, 6.07) is 6.09. The molecule has 0 bridgehead atoms. The summed E-state index contributed by atoms with van der Waals surface area (Å²) in [7, 11) is -3.55. The molecule has 1 heterocycles. The molecule has 2 rings (SSSR count). The fourth-order valence-corrected chi connectivity index (χ4v) is 2.29. The van der Waals surface area contributed by atoms with Gasteiger partial charge < -0.3 is 0 Å². The van der Waals surface area contributed by atoms with Gasteiger partial charge in [0, 0.05) is 23.9 Å². The maximum Gasteiger partial charge on any atom is 0.266 e. The minimum atomic E-state index is -3.55. The molecular weight excluding hydrogens is 297 g/mol. The van der Waals surface area contributed by atoms with E-state index in [1.165, 1.54) is 12.1 Å². The van der Waals surface area contributed by atoms with Crippen molar-refractivity contribution in [3.63, 3.8) is 0 Å². The van der Waals surface area contributed by atoms with Gasteiger partial charge in [-0.05, 0) is 12.1 Å². The van der Waals surface area contributed by atoms with Gasteiger partial charge in [0.15, 0.2) is 0 Å². The number of hydrogen-bond acceptors (Lipinski definition) is 3. The van der Waals surface area contributed by atoms with Gasteiger partial charge in [0.25, 0.3) is 15.9 Å². The first-order valence-corrected chi connectivity index (χ1v) is 4.76. The zero-order valence-electron chi connectivity index (χ0n) is 6.44. The Kier molecular flexibility index (Phi) is 2.67. The van der Waals surface area contributed by atoms with Crippen molar-refractivity contribution in [3.8, 4) is 0 Å². The smallest absolute Gasteiger partial charge is 0.266 e. The largest absolute Gasteiger partial charge is 0.268 e. The van der Waals surface area contributed by atoms with Crippen LogP contribution in [0.1, 0.15) is 10.4 Å². The summed E-state index contributed by atoms with van der Waals surface area (Å²) in [5.74, 6) is -0.550. The molecule has 0 atom stereocenters. The predicted molar refractivity (Wildman–Crippen MR) is 46.8 cm³/mol. The van der Waals surface area contributed by atoms with Gasteiger partial charge in [-0.3, -0.25) is 4.79 Å². The van der Waals surface area contributed by atoms with Crippen LogP contribution in [0.3, 0.4) is 0 Å². The van der Waals surface area contributed by atoms with Crippen molar-refractivity contribution in [2.45, 2.75) is 4.90 Å². The van der Waals surface area contributed by atoms with Crippen LogP contribution in [0.5, 0.6) is 0 Å². The van der Waals surface area contributed by atoms with Gasteiger partial charge in [-0.15, -0.1) is 0 Å². The molecule has 0 spiro atoms. The average Bonchev–Trinajstić information content (AvgIpc) is 2.25. The summed E-state index contributed by atoms with van der Waals surface area (Å²) in [5, 5.41) is 0. The quantitative estimate of drug-likeness (QED) is 0.672. The first-order valence-electron chi connectivity index (χ1n) is 3.27. The number of benzene rings is 1. The topological polar surface area (TPSA) is 63.2 Å². The summed E-state index contributed by atoms with van der Waals surface area (Å²) in [4.78, 5) is 11.1. The Morgan fingerprint density at radius 2 is 1.77 bits per heavy atom. The van der Waals surface area contributed by atoms with E-state index in [9.17, 15) is 13.2 Å². The average molecular weight is 302 g/mol. The van der Waals surface area contributed by atoms with E-state index in [1.54, 1.807) is 12.1 Å². The van der Waals surface area contributed by atoms with E-state index in [4.69, 9.17) is 0 Å². The number of carbonyl (C=O) groups is 1. The molecule has 0 fully saturated rings. The molecule has 0 aromatic heterocycles. The molecule has 6 heteroatoms. The van der Waals surface area contributed by atoms with Gasteiger partial charge in [-0.2, -0.15) is 0 Å². The van der Waals surface area contributed by atoms with E-state index in [-0.39, 0.29) is 34.4 Å². The maximum atomic E-state index is 11.1. The maximum absolute atomic E-state index is 11.1. The Bertz CT molecular complexity index is 455. The molecule has 13 heavy (non-hydrogen) atoms. The number of fused-ring (bicyclic) bond motifs is 1. The van der Waals surface area contributed by atoms with Crippen LogP contribution in [-0.4, -0.2) is 38.2 Å². The zero-order chi connectivity index (χ0) is 8.77. The molecular formula is C7H5NO3SSn. The fraction of sp³-hybridized carbons (Fsp3) is 0. The van der Waals surface area contributed by atoms with Crippen LogP contribution in [0.4, 0.5) is 0 Å². The predicted octanol–water partition coefficient (Wildman–Crippen LogP) is -0.262. The Balaban J connectivity index is 0.000000845. The van der Waals surface area contributed by atoms with Gasteiger partial charge >= 0.3 is 0 Å². The van der Waals surface area contributed by atoms with Gasteiger partial charge in [0.2, 0.25) is 0 Å². The molecule has 0 aliphatic carbocycles. The minimum absolute atomic E-state index is 0. The molecule has 4 radical (unpaired) electrons. The molecule has 1 aromatic carbocycles. The first-order chi connectivity index (χ1) is 5.61. The number of hydrogen-bond donors (Lipinski definition) is 1. The number of amides is 1. The molecule has 0 saturated heterocycles. The van der Waals surface area contributed by atoms with Crippen LogP contribution in [-0.2, 0) is 10.0 Å². The Morgan fingerprint density at radius 1 is 1.15 bits per heavy atom. The third-order valence-electron chi connectivity index (χ3n) is 1.65. The van der Waals surface area contributed by atoms with Crippen LogP contribution < -0.4 is 4.72 Å². The Morgan fingerprint density at radius 3 is 2.38 bits per heavy atom.